The average Bonchev–Trinajstić information content (AvgIpc) is 2.77. The van der Waals surface area contributed by atoms with Crippen LogP contribution in [0.5, 0.6) is 0 Å². The molecule has 0 aliphatic carbocycles. The molecule has 32 heavy (non-hydrogen) atoms. The molecule has 9 heteroatoms. The number of carbonyl (C=O) groups is 2. The first-order chi connectivity index (χ1) is 15.2. The van der Waals surface area contributed by atoms with Gasteiger partial charge in [-0.15, -0.1) is 0 Å². The molecule has 3 rings (SSSR count). The highest BCUT2D eigenvalue weighted by molar-refractivity contribution is 7.89. The highest BCUT2D eigenvalue weighted by Crippen LogP contribution is 2.27. The van der Waals surface area contributed by atoms with Gasteiger partial charge in [0.25, 0.3) is 0 Å². The maximum absolute atomic E-state index is 13.6. The molecule has 1 aliphatic heterocycles. The third-order valence-corrected chi connectivity index (χ3v) is 7.54. The van der Waals surface area contributed by atoms with Crippen molar-refractivity contribution in [1.29, 1.82) is 0 Å². The Bertz CT molecular complexity index is 1090. The second-order valence-corrected chi connectivity index (χ2v) is 9.93. The summed E-state index contributed by atoms with van der Waals surface area (Å²) in [6, 6.07) is 10.6. The van der Waals surface area contributed by atoms with Crippen molar-refractivity contribution in [2.24, 2.45) is 0 Å². The van der Waals surface area contributed by atoms with Crippen molar-refractivity contribution in [3.05, 3.63) is 59.4 Å². The number of anilines is 1. The van der Waals surface area contributed by atoms with Crippen LogP contribution in [0.3, 0.4) is 0 Å². The summed E-state index contributed by atoms with van der Waals surface area (Å²) in [5.74, 6) is -2.00. The molecule has 1 fully saturated rings. The number of rotatable bonds is 6. The number of hydrogen-bond donors (Lipinski definition) is 2. The molecule has 2 aromatic rings. The van der Waals surface area contributed by atoms with Crippen molar-refractivity contribution >= 4 is 27.5 Å². The van der Waals surface area contributed by atoms with E-state index in [1.165, 1.54) is 23.4 Å². The van der Waals surface area contributed by atoms with Crippen LogP contribution < -0.4 is 10.6 Å². The lowest BCUT2D eigenvalue weighted by Crippen LogP contribution is -2.45. The van der Waals surface area contributed by atoms with Crippen LogP contribution in [-0.4, -0.2) is 43.7 Å². The van der Waals surface area contributed by atoms with Crippen molar-refractivity contribution in [1.82, 2.24) is 9.62 Å². The minimum absolute atomic E-state index is 0.0600. The third kappa shape index (κ3) is 5.72. The van der Waals surface area contributed by atoms with Crippen molar-refractivity contribution in [3.8, 4) is 0 Å². The molecule has 1 saturated heterocycles. The number of amides is 2. The number of nitrogens with one attached hydrogen (secondary N) is 2. The summed E-state index contributed by atoms with van der Waals surface area (Å²) >= 11 is 0. The van der Waals surface area contributed by atoms with Gasteiger partial charge in [0.05, 0.1) is 4.90 Å². The Balaban J connectivity index is 1.59. The zero-order chi connectivity index (χ0) is 23.3. The zero-order valence-corrected chi connectivity index (χ0v) is 19.0. The summed E-state index contributed by atoms with van der Waals surface area (Å²) in [5.41, 5.74) is 1.83. The van der Waals surface area contributed by atoms with Gasteiger partial charge in [0.2, 0.25) is 10.0 Å². The van der Waals surface area contributed by atoms with E-state index in [1.807, 2.05) is 19.1 Å². The van der Waals surface area contributed by atoms with Gasteiger partial charge in [-0.25, -0.2) is 12.8 Å². The number of nitrogens with zero attached hydrogens (tertiary/aromatic N) is 1. The van der Waals surface area contributed by atoms with Gasteiger partial charge in [-0.3, -0.25) is 9.59 Å². The minimum atomic E-state index is -3.79. The molecule has 1 unspecified atom stereocenters. The first kappa shape index (κ1) is 23.9. The normalized spacial score (nSPS) is 17.0. The molecule has 2 amide bonds. The van der Waals surface area contributed by atoms with Gasteiger partial charge >= 0.3 is 11.8 Å². The predicted molar refractivity (Wildman–Crippen MR) is 120 cm³/mol. The van der Waals surface area contributed by atoms with Crippen LogP contribution in [0.2, 0.25) is 0 Å². The lowest BCUT2D eigenvalue weighted by Gasteiger charge is -2.34. The van der Waals surface area contributed by atoms with Crippen LogP contribution in [0.15, 0.2) is 47.4 Å². The summed E-state index contributed by atoms with van der Waals surface area (Å²) in [7, 11) is -3.79. The van der Waals surface area contributed by atoms with E-state index in [-0.39, 0.29) is 23.0 Å². The summed E-state index contributed by atoms with van der Waals surface area (Å²) in [5, 5.41) is 5.10. The Morgan fingerprint density at radius 1 is 1.06 bits per heavy atom. The maximum atomic E-state index is 13.6. The monoisotopic (exact) mass is 461 g/mol. The summed E-state index contributed by atoms with van der Waals surface area (Å²) in [4.78, 5) is 24.3. The Labute approximate surface area is 188 Å². The number of sulfonamides is 1. The van der Waals surface area contributed by atoms with Gasteiger partial charge in [-0.05, 0) is 69.0 Å². The van der Waals surface area contributed by atoms with Crippen LogP contribution in [0.25, 0.3) is 0 Å². The Hall–Kier alpha value is -2.78. The van der Waals surface area contributed by atoms with E-state index in [0.717, 1.165) is 24.5 Å². The molecule has 1 atom stereocenters. The van der Waals surface area contributed by atoms with Crippen LogP contribution in [-0.2, 0) is 19.6 Å². The van der Waals surface area contributed by atoms with Crippen LogP contribution in [0.4, 0.5) is 10.1 Å². The molecule has 0 spiro atoms. The lowest BCUT2D eigenvalue weighted by atomic mass is 10.0. The van der Waals surface area contributed by atoms with Gasteiger partial charge in [-0.1, -0.05) is 24.1 Å². The van der Waals surface area contributed by atoms with Gasteiger partial charge in [0, 0.05) is 24.8 Å². The van der Waals surface area contributed by atoms with Crippen LogP contribution in [0, 0.1) is 19.7 Å². The Kier molecular flexibility index (Phi) is 7.63. The fourth-order valence-electron chi connectivity index (χ4n) is 3.75. The topological polar surface area (TPSA) is 95.6 Å². The van der Waals surface area contributed by atoms with Gasteiger partial charge in [0.15, 0.2) is 0 Å². The molecular weight excluding hydrogens is 433 g/mol. The van der Waals surface area contributed by atoms with Crippen molar-refractivity contribution < 1.29 is 22.4 Å². The number of piperidine rings is 1. The second kappa shape index (κ2) is 10.2. The van der Waals surface area contributed by atoms with Crippen molar-refractivity contribution in [2.45, 2.75) is 50.5 Å². The van der Waals surface area contributed by atoms with Crippen molar-refractivity contribution in [2.75, 3.05) is 18.4 Å². The Morgan fingerprint density at radius 3 is 2.47 bits per heavy atom. The fourth-order valence-corrected chi connectivity index (χ4v) is 5.56. The van der Waals surface area contributed by atoms with E-state index in [2.05, 4.69) is 10.6 Å². The van der Waals surface area contributed by atoms with E-state index in [1.54, 1.807) is 12.1 Å². The fraction of sp³-hybridized carbons (Fsp3) is 0.391. The number of benzene rings is 2. The number of hydrogen-bond acceptors (Lipinski definition) is 4. The summed E-state index contributed by atoms with van der Waals surface area (Å²) < 4.78 is 41.3. The minimum Gasteiger partial charge on any atom is -0.348 e. The van der Waals surface area contributed by atoms with E-state index in [4.69, 9.17) is 0 Å². The van der Waals surface area contributed by atoms with E-state index in [0.29, 0.717) is 25.1 Å². The van der Waals surface area contributed by atoms with Crippen molar-refractivity contribution in [3.63, 3.8) is 0 Å². The van der Waals surface area contributed by atoms with Gasteiger partial charge < -0.3 is 10.6 Å². The third-order valence-electron chi connectivity index (χ3n) is 5.59. The Morgan fingerprint density at radius 2 is 1.78 bits per heavy atom. The first-order valence-corrected chi connectivity index (χ1v) is 12.1. The van der Waals surface area contributed by atoms with Gasteiger partial charge in [0.1, 0.15) is 5.82 Å². The molecular formula is C23H28FN3O4S. The summed E-state index contributed by atoms with van der Waals surface area (Å²) in [6.07, 6.45) is 2.65. The number of aryl methyl sites for hydroxylation is 2. The number of halogens is 1. The lowest BCUT2D eigenvalue weighted by molar-refractivity contribution is -0.136. The molecule has 0 radical (unpaired) electrons. The van der Waals surface area contributed by atoms with Crippen LogP contribution >= 0.6 is 0 Å². The molecule has 0 bridgehead atoms. The standard InChI is InChI=1S/C23H28FN3O4S/c1-16-6-8-18(9-7-16)26-23(29)22(28)25-13-12-19-5-3-4-14-27(19)32(30,31)20-10-11-21(24)17(2)15-20/h6-11,15,19H,3-5,12-14H2,1-2H3,(H,25,28)(H,26,29). The zero-order valence-electron chi connectivity index (χ0n) is 18.2. The van der Waals surface area contributed by atoms with E-state index in [9.17, 15) is 22.4 Å². The highest BCUT2D eigenvalue weighted by atomic mass is 32.2. The van der Waals surface area contributed by atoms with Crippen LogP contribution in [0.1, 0.15) is 36.8 Å². The number of carbonyl (C=O) groups excluding carboxylic acids is 2. The SMILES string of the molecule is Cc1ccc(NC(=O)C(=O)NCCC2CCCCN2S(=O)(=O)c2ccc(F)c(C)c2)cc1. The molecule has 1 aliphatic rings. The molecule has 2 aromatic carbocycles. The largest absolute Gasteiger partial charge is 0.348 e. The molecule has 1 heterocycles. The average molecular weight is 462 g/mol. The highest BCUT2D eigenvalue weighted by Gasteiger charge is 2.33. The van der Waals surface area contributed by atoms with Gasteiger partial charge in [-0.2, -0.15) is 4.31 Å². The molecule has 2 N–H and O–H groups in total. The molecule has 0 saturated carbocycles. The predicted octanol–water partition coefficient (Wildman–Crippen LogP) is 3.13. The van der Waals surface area contributed by atoms with E-state index >= 15 is 0 Å². The smallest absolute Gasteiger partial charge is 0.313 e. The summed E-state index contributed by atoms with van der Waals surface area (Å²) in [6.45, 7) is 3.98. The maximum Gasteiger partial charge on any atom is 0.313 e. The second-order valence-electron chi connectivity index (χ2n) is 8.04. The molecule has 0 aromatic heterocycles. The molecule has 172 valence electrons. The first-order valence-electron chi connectivity index (χ1n) is 10.6. The molecule has 7 nitrogen and oxygen atoms in total. The van der Waals surface area contributed by atoms with E-state index < -0.39 is 27.7 Å². The quantitative estimate of drug-likeness (QED) is 0.646.